The molecule has 31 heavy (non-hydrogen) atoms. The van der Waals surface area contributed by atoms with Gasteiger partial charge in [-0.05, 0) is 54.7 Å². The third kappa shape index (κ3) is 5.31. The molecule has 0 bridgehead atoms. The molecule has 9 heteroatoms. The number of nitrogens with zero attached hydrogens (tertiary/aromatic N) is 5. The number of thiocarbonyl (C=S) groups is 1. The van der Waals surface area contributed by atoms with Gasteiger partial charge in [0, 0.05) is 44.3 Å². The summed E-state index contributed by atoms with van der Waals surface area (Å²) < 4.78 is 0. The molecule has 1 aromatic carbocycles. The third-order valence-corrected chi connectivity index (χ3v) is 6.00. The maximum absolute atomic E-state index is 6.16. The predicted molar refractivity (Wildman–Crippen MR) is 130 cm³/mol. The van der Waals surface area contributed by atoms with Crippen molar-refractivity contribution in [2.75, 3.05) is 31.1 Å². The van der Waals surface area contributed by atoms with Gasteiger partial charge in [0.1, 0.15) is 5.71 Å². The van der Waals surface area contributed by atoms with Crippen molar-refractivity contribution in [1.29, 1.82) is 0 Å². The Morgan fingerprint density at radius 3 is 2.06 bits per heavy atom. The minimum absolute atomic E-state index is 0.559. The standard InChI is InChI=1S/C22H20Cl2N6S/c23-17-8-7-16(15-18(17)24)29-11-13-30(14-12-29)22(31)28-27-21(19-5-1-3-9-25-19)20-6-2-4-10-26-20/h1-10,15H,11-14H2,(H,28,31). The summed E-state index contributed by atoms with van der Waals surface area (Å²) in [6.07, 6.45) is 3.46. The topological polar surface area (TPSA) is 56.7 Å². The fraction of sp³-hybridized carbons (Fsp3) is 0.182. The van der Waals surface area contributed by atoms with Crippen LogP contribution in [0.15, 0.2) is 72.1 Å². The summed E-state index contributed by atoms with van der Waals surface area (Å²) in [7, 11) is 0. The van der Waals surface area contributed by atoms with Crippen LogP contribution < -0.4 is 10.3 Å². The average molecular weight is 471 g/mol. The molecular formula is C22H20Cl2N6S. The van der Waals surface area contributed by atoms with E-state index < -0.39 is 0 Å². The molecule has 4 rings (SSSR count). The molecule has 1 aliphatic heterocycles. The van der Waals surface area contributed by atoms with Crippen molar-refractivity contribution in [2.45, 2.75) is 0 Å². The highest BCUT2D eigenvalue weighted by molar-refractivity contribution is 7.80. The Morgan fingerprint density at radius 1 is 0.871 bits per heavy atom. The molecule has 0 saturated carbocycles. The van der Waals surface area contributed by atoms with Crippen LogP contribution in [0.4, 0.5) is 5.69 Å². The molecule has 0 unspecified atom stereocenters. The Bertz CT molecular complexity index is 1030. The number of aromatic nitrogens is 2. The molecule has 0 aliphatic carbocycles. The highest BCUT2D eigenvalue weighted by Gasteiger charge is 2.20. The number of anilines is 1. The molecule has 3 heterocycles. The van der Waals surface area contributed by atoms with Crippen molar-refractivity contribution in [3.63, 3.8) is 0 Å². The number of piperazine rings is 1. The summed E-state index contributed by atoms with van der Waals surface area (Å²) in [5.74, 6) is 0. The largest absolute Gasteiger partial charge is 0.368 e. The first-order valence-corrected chi connectivity index (χ1v) is 10.9. The maximum Gasteiger partial charge on any atom is 0.189 e. The Hall–Kier alpha value is -2.74. The highest BCUT2D eigenvalue weighted by Crippen LogP contribution is 2.27. The minimum atomic E-state index is 0.559. The van der Waals surface area contributed by atoms with Crippen molar-refractivity contribution in [2.24, 2.45) is 5.10 Å². The summed E-state index contributed by atoms with van der Waals surface area (Å²) in [5, 5.41) is 6.24. The molecule has 0 radical (unpaired) electrons. The first-order valence-electron chi connectivity index (χ1n) is 9.77. The van der Waals surface area contributed by atoms with Crippen molar-refractivity contribution < 1.29 is 0 Å². The van der Waals surface area contributed by atoms with Gasteiger partial charge in [-0.2, -0.15) is 5.10 Å². The Labute approximate surface area is 196 Å². The Morgan fingerprint density at radius 2 is 1.52 bits per heavy atom. The fourth-order valence-electron chi connectivity index (χ4n) is 3.28. The van der Waals surface area contributed by atoms with Gasteiger partial charge in [-0.25, -0.2) is 0 Å². The van der Waals surface area contributed by atoms with Crippen molar-refractivity contribution in [1.82, 2.24) is 20.3 Å². The number of benzene rings is 1. The molecule has 3 aromatic rings. The van der Waals surface area contributed by atoms with Gasteiger partial charge in [0.05, 0.1) is 21.4 Å². The van der Waals surface area contributed by atoms with E-state index in [1.807, 2.05) is 54.6 Å². The van der Waals surface area contributed by atoms with Crippen LogP contribution in [0.25, 0.3) is 0 Å². The number of nitrogens with one attached hydrogen (secondary N) is 1. The summed E-state index contributed by atoms with van der Waals surface area (Å²) in [6, 6.07) is 17.1. The number of halogens is 2. The molecule has 6 nitrogen and oxygen atoms in total. The van der Waals surface area contributed by atoms with E-state index in [2.05, 4.69) is 30.3 Å². The molecule has 1 N–H and O–H groups in total. The van der Waals surface area contributed by atoms with Gasteiger partial charge in [-0.3, -0.25) is 15.4 Å². The molecule has 1 aliphatic rings. The van der Waals surface area contributed by atoms with Gasteiger partial charge in [0.25, 0.3) is 0 Å². The second-order valence-corrected chi connectivity index (χ2v) is 8.08. The molecule has 0 spiro atoms. The molecule has 158 valence electrons. The first-order chi connectivity index (χ1) is 15.1. The number of hydrogen-bond acceptors (Lipinski definition) is 5. The van der Waals surface area contributed by atoms with Crippen LogP contribution in [0.5, 0.6) is 0 Å². The zero-order valence-electron chi connectivity index (χ0n) is 16.6. The van der Waals surface area contributed by atoms with Crippen LogP contribution in [0.2, 0.25) is 10.0 Å². The van der Waals surface area contributed by atoms with Crippen LogP contribution >= 0.6 is 35.4 Å². The Balaban J connectivity index is 1.42. The zero-order valence-corrected chi connectivity index (χ0v) is 18.9. The van der Waals surface area contributed by atoms with E-state index in [4.69, 9.17) is 35.4 Å². The van der Waals surface area contributed by atoms with E-state index in [0.717, 1.165) is 43.3 Å². The fourth-order valence-corrected chi connectivity index (χ4v) is 3.80. The monoisotopic (exact) mass is 470 g/mol. The normalized spacial score (nSPS) is 13.6. The summed E-state index contributed by atoms with van der Waals surface area (Å²) in [4.78, 5) is 13.2. The first kappa shape index (κ1) is 21.5. The van der Waals surface area contributed by atoms with E-state index in [9.17, 15) is 0 Å². The summed E-state index contributed by atoms with van der Waals surface area (Å²) >= 11 is 17.8. The van der Waals surface area contributed by atoms with Crippen molar-refractivity contribution >= 4 is 51.9 Å². The quantitative estimate of drug-likeness (QED) is 0.349. The lowest BCUT2D eigenvalue weighted by molar-refractivity contribution is 0.381. The van der Waals surface area contributed by atoms with E-state index in [0.29, 0.717) is 20.9 Å². The van der Waals surface area contributed by atoms with Crippen molar-refractivity contribution in [3.8, 4) is 0 Å². The van der Waals surface area contributed by atoms with Crippen molar-refractivity contribution in [3.05, 3.63) is 88.4 Å². The van der Waals surface area contributed by atoms with E-state index in [1.54, 1.807) is 12.4 Å². The SMILES string of the molecule is S=C(NN=C(c1ccccn1)c1ccccn1)N1CCN(c2ccc(Cl)c(Cl)c2)CC1. The van der Waals surface area contributed by atoms with E-state index in [1.165, 1.54) is 0 Å². The minimum Gasteiger partial charge on any atom is -0.368 e. The smallest absolute Gasteiger partial charge is 0.189 e. The van der Waals surface area contributed by atoms with Crippen LogP contribution in [-0.4, -0.2) is 51.9 Å². The van der Waals surface area contributed by atoms with Gasteiger partial charge in [-0.15, -0.1) is 0 Å². The summed E-state index contributed by atoms with van der Waals surface area (Å²) in [6.45, 7) is 3.17. The van der Waals surface area contributed by atoms with Crippen LogP contribution in [0.1, 0.15) is 11.4 Å². The molecule has 0 amide bonds. The number of hydrazone groups is 1. The molecule has 0 atom stereocenters. The summed E-state index contributed by atoms with van der Waals surface area (Å²) in [5.41, 5.74) is 6.17. The van der Waals surface area contributed by atoms with E-state index in [-0.39, 0.29) is 0 Å². The molecule has 1 saturated heterocycles. The number of rotatable bonds is 4. The van der Waals surface area contributed by atoms with E-state index >= 15 is 0 Å². The second kappa shape index (κ2) is 10.0. The Kier molecular flexibility index (Phi) is 6.96. The van der Waals surface area contributed by atoms with Gasteiger partial charge in [0.2, 0.25) is 0 Å². The van der Waals surface area contributed by atoms with Gasteiger partial charge in [-0.1, -0.05) is 35.3 Å². The molecule has 2 aromatic heterocycles. The second-order valence-electron chi connectivity index (χ2n) is 6.88. The van der Waals surface area contributed by atoms with Gasteiger partial charge in [0.15, 0.2) is 5.11 Å². The average Bonchev–Trinajstić information content (AvgIpc) is 2.82. The van der Waals surface area contributed by atoms with Crippen LogP contribution in [-0.2, 0) is 0 Å². The lowest BCUT2D eigenvalue weighted by Gasteiger charge is -2.37. The predicted octanol–water partition coefficient (Wildman–Crippen LogP) is 4.23. The zero-order chi connectivity index (χ0) is 21.6. The van der Waals surface area contributed by atoms with Crippen LogP contribution in [0.3, 0.4) is 0 Å². The molecule has 1 fully saturated rings. The van der Waals surface area contributed by atoms with Gasteiger partial charge >= 0.3 is 0 Å². The maximum atomic E-state index is 6.16. The van der Waals surface area contributed by atoms with Crippen LogP contribution in [0, 0.1) is 0 Å². The van der Waals surface area contributed by atoms with Gasteiger partial charge < -0.3 is 9.80 Å². The number of pyridine rings is 2. The molecular weight excluding hydrogens is 451 g/mol. The lowest BCUT2D eigenvalue weighted by Crippen LogP contribution is -2.51. The lowest BCUT2D eigenvalue weighted by atomic mass is 10.1. The highest BCUT2D eigenvalue weighted by atomic mass is 35.5. The third-order valence-electron chi connectivity index (χ3n) is 4.91. The number of hydrogen-bond donors (Lipinski definition) is 1.